The van der Waals surface area contributed by atoms with Crippen molar-refractivity contribution in [2.45, 2.75) is 88.8 Å². The fraction of sp³-hybridized carbons (Fsp3) is 0.500. The molecule has 2 rings (SSSR count). The van der Waals surface area contributed by atoms with Gasteiger partial charge in [-0.05, 0) is 61.0 Å². The predicted octanol–water partition coefficient (Wildman–Crippen LogP) is -2.58. The third kappa shape index (κ3) is 19.0. The van der Waals surface area contributed by atoms with Gasteiger partial charge in [0.2, 0.25) is 41.4 Å². The number of nitrogens with one attached hydrogen (secondary N) is 7. The molecule has 0 aromatic heterocycles. The highest BCUT2D eigenvalue weighted by Crippen LogP contribution is 2.13. The summed E-state index contributed by atoms with van der Waals surface area (Å²) in [6.45, 7) is 2.89. The van der Waals surface area contributed by atoms with Crippen molar-refractivity contribution < 1.29 is 58.8 Å². The van der Waals surface area contributed by atoms with E-state index < -0.39 is 109 Å². The number of rotatable bonds is 26. The Kier molecular flexibility index (Phi) is 22.3. The van der Waals surface area contributed by atoms with Crippen LogP contribution in [0, 0.1) is 5.92 Å². The molecule has 2 aromatic carbocycles. The summed E-state index contributed by atoms with van der Waals surface area (Å²) in [6, 6.07) is 6.59. The minimum Gasteiger partial charge on any atom is -0.508 e. The van der Waals surface area contributed by atoms with Gasteiger partial charge in [-0.2, -0.15) is 11.8 Å². The number of carboxylic acids is 1. The lowest BCUT2D eigenvalue weighted by Crippen LogP contribution is -2.58. The monoisotopic (exact) mass is 874 g/mol. The SMILES string of the molecule is CSCC[C@H](NC(=O)[C@H](Cc1ccc(O)cc1)NC(=O)CNC(=O)CNC(=O)[C@H](Cc1ccccc1)NC(=O)[C@H](CC(C)C)NC(=O)[C@H](N)CO)C(=O)N[C@H](C(=O)O)[C@@H](C)O. The number of aliphatic hydroxyl groups excluding tert-OH is 2. The zero-order valence-electron chi connectivity index (χ0n) is 34.5. The van der Waals surface area contributed by atoms with Gasteiger partial charge in [0.25, 0.3) is 0 Å². The van der Waals surface area contributed by atoms with Crippen molar-refractivity contribution in [1.82, 2.24) is 37.2 Å². The van der Waals surface area contributed by atoms with E-state index in [0.29, 0.717) is 16.9 Å². The molecule has 20 nitrogen and oxygen atoms in total. The van der Waals surface area contributed by atoms with E-state index in [1.54, 1.807) is 36.6 Å². The number of thioether (sulfide) groups is 1. The summed E-state index contributed by atoms with van der Waals surface area (Å²) in [5, 5.41) is 55.5. The van der Waals surface area contributed by atoms with Gasteiger partial charge in [0.1, 0.15) is 36.0 Å². The van der Waals surface area contributed by atoms with E-state index in [2.05, 4.69) is 37.2 Å². The zero-order chi connectivity index (χ0) is 45.6. The second-order valence-corrected chi connectivity index (χ2v) is 15.6. The molecule has 0 heterocycles. The number of benzene rings is 2. The zero-order valence-corrected chi connectivity index (χ0v) is 35.3. The summed E-state index contributed by atoms with van der Waals surface area (Å²) in [6.07, 6.45) is 0.429. The average molecular weight is 875 g/mol. The third-order valence-corrected chi connectivity index (χ3v) is 9.62. The lowest BCUT2D eigenvalue weighted by Gasteiger charge is -2.25. The van der Waals surface area contributed by atoms with Crippen LogP contribution in [0.25, 0.3) is 0 Å². The standard InChI is InChI=1S/C40H58N8O12S/c1-22(2)16-29(46-35(54)27(41)21-49)38(57)47-30(17-24-8-6-5-7-9-24)36(55)43-19-32(52)42-20-33(53)44-31(18-25-10-12-26(51)13-11-25)39(58)45-28(14-15-61-4)37(56)48-34(23(3)50)40(59)60/h5-13,22-23,27-31,34,49-51H,14-21,41H2,1-4H3,(H,42,52)(H,43,55)(H,44,53)(H,45,58)(H,46,54)(H,47,57)(H,48,56)(H,59,60)/t23-,27-,28+,29+,30+,31+,34+/m1/s1. The van der Waals surface area contributed by atoms with Crippen LogP contribution in [0.3, 0.4) is 0 Å². The Morgan fingerprint density at radius 3 is 1.74 bits per heavy atom. The Balaban J connectivity index is 2.16. The van der Waals surface area contributed by atoms with E-state index >= 15 is 0 Å². The molecule has 0 radical (unpaired) electrons. The smallest absolute Gasteiger partial charge is 0.328 e. The topological polar surface area (TPSA) is 328 Å². The second-order valence-electron chi connectivity index (χ2n) is 14.6. The highest BCUT2D eigenvalue weighted by molar-refractivity contribution is 7.98. The van der Waals surface area contributed by atoms with Gasteiger partial charge < -0.3 is 63.4 Å². The van der Waals surface area contributed by atoms with E-state index in [-0.39, 0.29) is 37.4 Å². The van der Waals surface area contributed by atoms with E-state index in [9.17, 15) is 58.8 Å². The van der Waals surface area contributed by atoms with E-state index in [0.717, 1.165) is 0 Å². The molecule has 0 saturated heterocycles. The molecule has 61 heavy (non-hydrogen) atoms. The number of hydrogen-bond donors (Lipinski definition) is 12. The third-order valence-electron chi connectivity index (χ3n) is 8.98. The van der Waals surface area contributed by atoms with Crippen LogP contribution in [0.1, 0.15) is 44.7 Å². The molecule has 0 aliphatic rings. The molecular formula is C40H58N8O12S. The quantitative estimate of drug-likeness (QED) is 0.0462. The predicted molar refractivity (Wildman–Crippen MR) is 224 cm³/mol. The summed E-state index contributed by atoms with van der Waals surface area (Å²) in [7, 11) is 0. The number of carbonyl (C=O) groups is 8. The number of aromatic hydroxyl groups is 1. The van der Waals surface area contributed by atoms with Crippen LogP contribution in [0.15, 0.2) is 54.6 Å². The van der Waals surface area contributed by atoms with Crippen LogP contribution in [-0.2, 0) is 51.2 Å². The molecule has 7 amide bonds. The van der Waals surface area contributed by atoms with Gasteiger partial charge >= 0.3 is 5.97 Å². The van der Waals surface area contributed by atoms with Gasteiger partial charge in [-0.15, -0.1) is 0 Å². The molecule has 7 atom stereocenters. The normalized spacial score (nSPS) is 14.4. The van der Waals surface area contributed by atoms with Gasteiger partial charge in [0.15, 0.2) is 6.04 Å². The summed E-state index contributed by atoms with van der Waals surface area (Å²) in [5.41, 5.74) is 6.79. The summed E-state index contributed by atoms with van der Waals surface area (Å²) >= 11 is 1.35. The van der Waals surface area contributed by atoms with Crippen LogP contribution in [0.2, 0.25) is 0 Å². The van der Waals surface area contributed by atoms with Crippen LogP contribution in [0.4, 0.5) is 0 Å². The number of aliphatic hydroxyl groups is 2. The molecule has 336 valence electrons. The lowest BCUT2D eigenvalue weighted by molar-refractivity contribution is -0.145. The van der Waals surface area contributed by atoms with E-state index in [4.69, 9.17) is 5.73 Å². The van der Waals surface area contributed by atoms with E-state index in [1.807, 2.05) is 13.8 Å². The number of nitrogens with two attached hydrogens (primary N) is 1. The maximum atomic E-state index is 13.6. The number of hydrogen-bond acceptors (Lipinski definition) is 13. The number of carbonyl (C=O) groups excluding carboxylic acids is 7. The number of phenolic OH excluding ortho intramolecular Hbond substituents is 1. The number of phenols is 1. The minimum atomic E-state index is -1.66. The maximum Gasteiger partial charge on any atom is 0.328 e. The van der Waals surface area contributed by atoms with Gasteiger partial charge in [0, 0.05) is 12.8 Å². The first-order valence-corrected chi connectivity index (χ1v) is 20.9. The number of aliphatic carboxylic acids is 1. The van der Waals surface area contributed by atoms with E-state index in [1.165, 1.54) is 43.0 Å². The van der Waals surface area contributed by atoms with Gasteiger partial charge in [-0.1, -0.05) is 56.3 Å². The summed E-state index contributed by atoms with van der Waals surface area (Å²) in [5.74, 6) is -6.81. The van der Waals surface area contributed by atoms with Crippen molar-refractivity contribution in [3.05, 3.63) is 65.7 Å². The Hall–Kier alpha value is -5.77. The van der Waals surface area contributed by atoms with Gasteiger partial charge in [-0.3, -0.25) is 33.6 Å². The molecule has 0 aliphatic heterocycles. The molecule has 0 unspecified atom stereocenters. The molecule has 2 aromatic rings. The fourth-order valence-electron chi connectivity index (χ4n) is 5.67. The van der Waals surface area contributed by atoms with Crippen molar-refractivity contribution in [1.29, 1.82) is 0 Å². The lowest BCUT2D eigenvalue weighted by atomic mass is 10.0. The summed E-state index contributed by atoms with van der Waals surface area (Å²) in [4.78, 5) is 104. The molecule has 21 heteroatoms. The van der Waals surface area contributed by atoms with Crippen molar-refractivity contribution in [3.63, 3.8) is 0 Å². The number of carboxylic acid groups (broad SMARTS) is 1. The Morgan fingerprint density at radius 1 is 0.656 bits per heavy atom. The van der Waals surface area contributed by atoms with Gasteiger partial charge in [0.05, 0.1) is 25.8 Å². The highest BCUT2D eigenvalue weighted by Gasteiger charge is 2.32. The van der Waals surface area contributed by atoms with Crippen molar-refractivity contribution in [2.24, 2.45) is 11.7 Å². The Morgan fingerprint density at radius 2 is 1.18 bits per heavy atom. The Bertz CT molecular complexity index is 1780. The molecule has 0 aliphatic carbocycles. The molecule has 0 fully saturated rings. The van der Waals surface area contributed by atoms with Crippen LogP contribution in [-0.4, -0.2) is 142 Å². The first-order valence-electron chi connectivity index (χ1n) is 19.5. The largest absolute Gasteiger partial charge is 0.508 e. The molecular weight excluding hydrogens is 817 g/mol. The first-order chi connectivity index (χ1) is 28.8. The van der Waals surface area contributed by atoms with Crippen molar-refractivity contribution in [2.75, 3.05) is 31.7 Å². The first kappa shape index (κ1) is 51.4. The molecule has 13 N–H and O–H groups in total. The number of amides is 7. The van der Waals surface area contributed by atoms with Crippen LogP contribution >= 0.6 is 11.8 Å². The highest BCUT2D eigenvalue weighted by atomic mass is 32.2. The maximum absolute atomic E-state index is 13.6. The van der Waals surface area contributed by atoms with Crippen LogP contribution < -0.4 is 43.0 Å². The van der Waals surface area contributed by atoms with Crippen LogP contribution in [0.5, 0.6) is 5.75 Å². The molecule has 0 saturated carbocycles. The fourth-order valence-corrected chi connectivity index (χ4v) is 6.14. The second kappa shape index (κ2) is 26.4. The van der Waals surface area contributed by atoms with Crippen molar-refractivity contribution in [3.8, 4) is 5.75 Å². The van der Waals surface area contributed by atoms with Crippen molar-refractivity contribution >= 4 is 59.1 Å². The minimum absolute atomic E-state index is 0.00587. The van der Waals surface area contributed by atoms with Gasteiger partial charge in [-0.25, -0.2) is 4.79 Å². The summed E-state index contributed by atoms with van der Waals surface area (Å²) < 4.78 is 0. The molecule has 0 spiro atoms. The Labute approximate surface area is 357 Å². The molecule has 0 bridgehead atoms. The average Bonchev–Trinajstić information content (AvgIpc) is 3.21.